The molecule has 0 radical (unpaired) electrons. The number of anilines is 2. The van der Waals surface area contributed by atoms with Crippen LogP contribution in [0, 0.1) is 23.1 Å². The highest BCUT2D eigenvalue weighted by Gasteiger charge is 2.40. The number of halogens is 4. The van der Waals surface area contributed by atoms with Crippen LogP contribution >= 0.6 is 0 Å². The Bertz CT molecular complexity index is 1280. The summed E-state index contributed by atoms with van der Waals surface area (Å²) in [5, 5.41) is 9.61. The lowest BCUT2D eigenvalue weighted by Gasteiger charge is -2.34. The fourth-order valence-corrected chi connectivity index (χ4v) is 4.25. The van der Waals surface area contributed by atoms with Crippen molar-refractivity contribution in [1.29, 1.82) is 5.26 Å². The summed E-state index contributed by atoms with van der Waals surface area (Å²) in [6.07, 6.45) is -2.91. The van der Waals surface area contributed by atoms with Crippen LogP contribution in [0.2, 0.25) is 0 Å². The van der Waals surface area contributed by atoms with Crippen molar-refractivity contribution in [2.45, 2.75) is 25.4 Å². The van der Waals surface area contributed by atoms with Crippen molar-refractivity contribution in [3.8, 4) is 17.3 Å². The van der Waals surface area contributed by atoms with Gasteiger partial charge in [-0.05, 0) is 73.7 Å². The second-order valence-corrected chi connectivity index (χ2v) is 8.41. The number of hydrogen-bond donors (Lipinski definition) is 1. The number of rotatable bonds is 5. The number of carbonyl (C=O) groups is 1. The second-order valence-electron chi connectivity index (χ2n) is 8.41. The summed E-state index contributed by atoms with van der Waals surface area (Å²) >= 11 is 0. The smallest absolute Gasteiger partial charge is 0.383 e. The lowest BCUT2D eigenvalue weighted by Crippen LogP contribution is -2.37. The molecule has 1 atom stereocenters. The molecule has 180 valence electrons. The van der Waals surface area contributed by atoms with Crippen LogP contribution in [0.3, 0.4) is 0 Å². The molecular formula is C25H21F4N5O. The maximum Gasteiger partial charge on any atom is 0.455 e. The Kier molecular flexibility index (Phi) is 6.69. The van der Waals surface area contributed by atoms with Crippen LogP contribution < -0.4 is 10.6 Å². The number of nitriles is 1. The molecule has 0 saturated carbocycles. The van der Waals surface area contributed by atoms with Gasteiger partial charge in [0.1, 0.15) is 23.5 Å². The summed E-state index contributed by atoms with van der Waals surface area (Å²) in [5.41, 5.74) is 7.22. The van der Waals surface area contributed by atoms with Gasteiger partial charge < -0.3 is 10.6 Å². The molecule has 1 unspecified atom stereocenters. The van der Waals surface area contributed by atoms with E-state index in [4.69, 9.17) is 5.73 Å². The lowest BCUT2D eigenvalue weighted by molar-refractivity contribution is -0.0884. The van der Waals surface area contributed by atoms with E-state index in [1.807, 2.05) is 4.90 Å². The zero-order chi connectivity index (χ0) is 25.2. The summed E-state index contributed by atoms with van der Waals surface area (Å²) in [6, 6.07) is 14.0. The van der Waals surface area contributed by atoms with Gasteiger partial charge in [-0.1, -0.05) is 0 Å². The molecule has 35 heavy (non-hydrogen) atoms. The van der Waals surface area contributed by atoms with Crippen LogP contribution in [-0.4, -0.2) is 35.0 Å². The van der Waals surface area contributed by atoms with E-state index < -0.39 is 23.3 Å². The number of aromatic nitrogens is 2. The third-order valence-corrected chi connectivity index (χ3v) is 5.94. The van der Waals surface area contributed by atoms with Crippen molar-refractivity contribution < 1.29 is 22.4 Å². The van der Waals surface area contributed by atoms with Crippen LogP contribution in [0.15, 0.2) is 48.5 Å². The Morgan fingerprint density at radius 1 is 1.11 bits per heavy atom. The molecule has 1 aliphatic rings. The monoisotopic (exact) mass is 483 g/mol. The minimum atomic E-state index is -5.02. The predicted octanol–water partition coefficient (Wildman–Crippen LogP) is 4.94. The topological polar surface area (TPSA) is 95.9 Å². The van der Waals surface area contributed by atoms with Gasteiger partial charge in [-0.15, -0.1) is 0 Å². The Morgan fingerprint density at radius 2 is 1.86 bits per heavy atom. The standard InChI is InChI=1S/C25H21F4N5O/c26-18-6-3-16(4-7-18)21-10-5-17(13-30)24(33-21)34-11-1-2-15(14-34)12-19-8-9-20(23(31)32-19)22(35)25(27,28)29/h3-10,15H,1-2,11-12,14H2,(H2,31,32). The van der Waals surface area contributed by atoms with Gasteiger partial charge in [-0.3, -0.25) is 4.79 Å². The minimum Gasteiger partial charge on any atom is -0.383 e. The van der Waals surface area contributed by atoms with Gasteiger partial charge >= 0.3 is 6.18 Å². The highest BCUT2D eigenvalue weighted by Crippen LogP contribution is 2.30. The van der Waals surface area contributed by atoms with Gasteiger partial charge in [0.2, 0.25) is 0 Å². The lowest BCUT2D eigenvalue weighted by atomic mass is 9.92. The number of ketones is 1. The van der Waals surface area contributed by atoms with Gasteiger partial charge in [-0.2, -0.15) is 18.4 Å². The highest BCUT2D eigenvalue weighted by atomic mass is 19.4. The first kappa shape index (κ1) is 24.1. The number of carbonyl (C=O) groups excluding carboxylic acids is 1. The normalized spacial score (nSPS) is 16.1. The molecule has 0 bridgehead atoms. The van der Waals surface area contributed by atoms with Crippen molar-refractivity contribution in [2.24, 2.45) is 5.92 Å². The summed E-state index contributed by atoms with van der Waals surface area (Å²) in [5.74, 6) is -2.21. The van der Waals surface area contributed by atoms with Gasteiger partial charge in [0.25, 0.3) is 5.78 Å². The van der Waals surface area contributed by atoms with Crippen molar-refractivity contribution in [3.05, 3.63) is 71.2 Å². The third kappa shape index (κ3) is 5.40. The van der Waals surface area contributed by atoms with E-state index in [9.17, 15) is 27.6 Å². The SMILES string of the molecule is N#Cc1ccc(-c2ccc(F)cc2)nc1N1CCCC(Cc2ccc(C(=O)C(F)(F)F)c(N)n2)C1. The molecule has 10 heteroatoms. The van der Waals surface area contributed by atoms with Crippen molar-refractivity contribution in [2.75, 3.05) is 23.7 Å². The molecule has 0 amide bonds. The number of nitrogens with two attached hydrogens (primary N) is 1. The Balaban J connectivity index is 1.53. The van der Waals surface area contributed by atoms with Gasteiger partial charge in [-0.25, -0.2) is 14.4 Å². The van der Waals surface area contributed by atoms with Gasteiger partial charge in [0, 0.05) is 24.3 Å². The van der Waals surface area contributed by atoms with E-state index >= 15 is 0 Å². The number of piperidine rings is 1. The molecule has 2 aromatic heterocycles. The Labute approximate surface area is 199 Å². The molecule has 0 spiro atoms. The third-order valence-electron chi connectivity index (χ3n) is 5.94. The molecule has 3 heterocycles. The Morgan fingerprint density at radius 3 is 2.51 bits per heavy atom. The van der Waals surface area contributed by atoms with E-state index in [2.05, 4.69) is 16.0 Å². The average Bonchev–Trinajstić information content (AvgIpc) is 2.83. The molecule has 1 saturated heterocycles. The van der Waals surface area contributed by atoms with Crippen molar-refractivity contribution in [1.82, 2.24) is 9.97 Å². The summed E-state index contributed by atoms with van der Waals surface area (Å²) in [4.78, 5) is 22.2. The molecule has 4 rings (SSSR count). The number of alkyl halides is 3. The van der Waals surface area contributed by atoms with E-state index in [0.29, 0.717) is 42.3 Å². The highest BCUT2D eigenvalue weighted by molar-refractivity contribution is 6.03. The van der Waals surface area contributed by atoms with E-state index in [1.165, 1.54) is 18.2 Å². The van der Waals surface area contributed by atoms with Crippen LogP contribution in [0.5, 0.6) is 0 Å². The fourth-order valence-electron chi connectivity index (χ4n) is 4.25. The van der Waals surface area contributed by atoms with Gasteiger partial charge in [0.05, 0.1) is 16.8 Å². The van der Waals surface area contributed by atoms with Crippen molar-refractivity contribution >= 4 is 17.4 Å². The number of nitrogens with zero attached hydrogens (tertiary/aromatic N) is 4. The molecule has 3 aromatic rings. The number of hydrogen-bond acceptors (Lipinski definition) is 6. The summed E-state index contributed by atoms with van der Waals surface area (Å²) < 4.78 is 51.5. The fraction of sp³-hybridized carbons (Fsp3) is 0.280. The van der Waals surface area contributed by atoms with E-state index in [-0.39, 0.29) is 11.7 Å². The molecule has 1 aliphatic heterocycles. The maximum absolute atomic E-state index is 13.3. The molecular weight excluding hydrogens is 462 g/mol. The maximum atomic E-state index is 13.3. The number of nitrogen functional groups attached to an aromatic ring is 1. The van der Waals surface area contributed by atoms with Crippen LogP contribution in [0.25, 0.3) is 11.3 Å². The second kappa shape index (κ2) is 9.70. The number of Topliss-reactive ketones (excluding diaryl/α,β-unsaturated/α-hetero) is 1. The summed E-state index contributed by atoms with van der Waals surface area (Å²) in [7, 11) is 0. The first-order valence-electron chi connectivity index (χ1n) is 10.9. The minimum absolute atomic E-state index is 0.0858. The molecule has 2 N–H and O–H groups in total. The predicted molar refractivity (Wildman–Crippen MR) is 122 cm³/mol. The average molecular weight is 483 g/mol. The van der Waals surface area contributed by atoms with E-state index in [1.54, 1.807) is 24.3 Å². The van der Waals surface area contributed by atoms with Crippen LogP contribution in [-0.2, 0) is 6.42 Å². The largest absolute Gasteiger partial charge is 0.455 e. The number of pyridine rings is 2. The molecule has 0 aliphatic carbocycles. The van der Waals surface area contributed by atoms with Crippen molar-refractivity contribution in [3.63, 3.8) is 0 Å². The van der Waals surface area contributed by atoms with Crippen LogP contribution in [0.4, 0.5) is 29.2 Å². The molecule has 1 fully saturated rings. The first-order chi connectivity index (χ1) is 16.7. The summed E-state index contributed by atoms with van der Waals surface area (Å²) in [6.45, 7) is 1.24. The Hall–Kier alpha value is -4.00. The number of benzene rings is 1. The molecule has 1 aromatic carbocycles. The first-order valence-corrected chi connectivity index (χ1v) is 10.9. The van der Waals surface area contributed by atoms with Crippen LogP contribution in [0.1, 0.15) is 34.5 Å². The van der Waals surface area contributed by atoms with Gasteiger partial charge in [0.15, 0.2) is 0 Å². The zero-order valence-corrected chi connectivity index (χ0v) is 18.5. The quantitative estimate of drug-likeness (QED) is 0.408. The zero-order valence-electron chi connectivity index (χ0n) is 18.5. The van der Waals surface area contributed by atoms with E-state index in [0.717, 1.165) is 24.5 Å². The molecule has 6 nitrogen and oxygen atoms in total.